The maximum absolute atomic E-state index is 14.4. The van der Waals surface area contributed by atoms with Crippen LogP contribution in [-0.4, -0.2) is 26.4 Å². The van der Waals surface area contributed by atoms with Gasteiger partial charge in [-0.15, -0.1) is 0 Å². The maximum Gasteiger partial charge on any atom is 0.131 e. The predicted molar refractivity (Wildman–Crippen MR) is 84.3 cm³/mol. The van der Waals surface area contributed by atoms with Gasteiger partial charge in [0, 0.05) is 18.2 Å². The van der Waals surface area contributed by atoms with Crippen LogP contribution >= 0.6 is 0 Å². The van der Waals surface area contributed by atoms with E-state index in [4.69, 9.17) is 9.47 Å². The van der Waals surface area contributed by atoms with Gasteiger partial charge in [0.05, 0.1) is 19.3 Å². The second kappa shape index (κ2) is 9.74. The zero-order valence-corrected chi connectivity index (χ0v) is 13.6. The summed E-state index contributed by atoms with van der Waals surface area (Å²) in [5, 5.41) is 3.43. The average molecular weight is 297 g/mol. The quantitative estimate of drug-likeness (QED) is 0.706. The van der Waals surface area contributed by atoms with Gasteiger partial charge in [-0.2, -0.15) is 0 Å². The van der Waals surface area contributed by atoms with Gasteiger partial charge < -0.3 is 14.8 Å². The highest BCUT2D eigenvalue weighted by Crippen LogP contribution is 2.27. The lowest BCUT2D eigenvalue weighted by atomic mass is 9.97. The molecule has 0 aliphatic rings. The van der Waals surface area contributed by atoms with E-state index in [0.29, 0.717) is 17.9 Å². The number of nitrogens with one attached hydrogen (secondary N) is 1. The number of rotatable bonds is 10. The Hall–Kier alpha value is -1.13. The van der Waals surface area contributed by atoms with Crippen LogP contribution in [0.25, 0.3) is 0 Å². The van der Waals surface area contributed by atoms with E-state index in [1.165, 1.54) is 6.07 Å². The molecule has 0 spiro atoms. The Labute approximate surface area is 127 Å². The van der Waals surface area contributed by atoms with Gasteiger partial charge in [-0.05, 0) is 32.4 Å². The Balaban J connectivity index is 3.04. The smallest absolute Gasteiger partial charge is 0.131 e. The van der Waals surface area contributed by atoms with Crippen LogP contribution in [0.5, 0.6) is 5.75 Å². The fourth-order valence-electron chi connectivity index (χ4n) is 2.47. The van der Waals surface area contributed by atoms with Crippen molar-refractivity contribution in [3.05, 3.63) is 29.6 Å². The van der Waals surface area contributed by atoms with Crippen molar-refractivity contribution in [3.63, 3.8) is 0 Å². The zero-order valence-electron chi connectivity index (χ0n) is 13.6. The normalized spacial score (nSPS) is 14.0. The summed E-state index contributed by atoms with van der Waals surface area (Å²) in [6, 6.07) is 4.90. The minimum atomic E-state index is -0.247. The first-order chi connectivity index (χ1) is 10.2. The minimum Gasteiger partial charge on any atom is -0.497 e. The standard InChI is InChI=1S/C17H28FNO2/c1-5-8-16(21-7-3)17(19-11-6-2)14-10-9-13(20-4)12-15(14)18/h9-10,12,16-17,19H,5-8,11H2,1-4H3. The molecule has 0 heterocycles. The Bertz CT molecular complexity index is 406. The molecule has 0 fully saturated rings. The molecule has 0 aliphatic heterocycles. The fraction of sp³-hybridized carbons (Fsp3) is 0.647. The summed E-state index contributed by atoms with van der Waals surface area (Å²) in [5.41, 5.74) is 0.649. The SMILES string of the molecule is CCCNC(c1ccc(OC)cc1F)C(CCC)OCC. The molecule has 4 heteroatoms. The number of hydrogen-bond acceptors (Lipinski definition) is 3. The van der Waals surface area contributed by atoms with Crippen LogP contribution in [-0.2, 0) is 4.74 Å². The number of halogens is 1. The molecule has 0 aromatic heterocycles. The summed E-state index contributed by atoms with van der Waals surface area (Å²) in [6.07, 6.45) is 2.89. The third-order valence-electron chi connectivity index (χ3n) is 3.48. The highest BCUT2D eigenvalue weighted by atomic mass is 19.1. The summed E-state index contributed by atoms with van der Waals surface area (Å²) < 4.78 is 25.3. The Morgan fingerprint density at radius 1 is 1.19 bits per heavy atom. The van der Waals surface area contributed by atoms with Crippen molar-refractivity contribution >= 4 is 0 Å². The molecule has 0 radical (unpaired) electrons. The highest BCUT2D eigenvalue weighted by molar-refractivity contribution is 5.31. The lowest BCUT2D eigenvalue weighted by Crippen LogP contribution is -2.35. The first kappa shape index (κ1) is 17.9. The molecular formula is C17H28FNO2. The summed E-state index contributed by atoms with van der Waals surface area (Å²) in [4.78, 5) is 0. The molecule has 0 saturated heterocycles. The van der Waals surface area contributed by atoms with E-state index >= 15 is 0 Å². The van der Waals surface area contributed by atoms with Gasteiger partial charge >= 0.3 is 0 Å². The molecule has 2 unspecified atom stereocenters. The van der Waals surface area contributed by atoms with Crippen molar-refractivity contribution in [1.29, 1.82) is 0 Å². The number of ether oxygens (including phenoxy) is 2. The largest absolute Gasteiger partial charge is 0.497 e. The van der Waals surface area contributed by atoms with Crippen LogP contribution in [0.3, 0.4) is 0 Å². The summed E-state index contributed by atoms with van der Waals surface area (Å²) in [7, 11) is 1.54. The summed E-state index contributed by atoms with van der Waals surface area (Å²) in [6.45, 7) is 7.66. The van der Waals surface area contributed by atoms with Gasteiger partial charge in [-0.25, -0.2) is 4.39 Å². The fourth-order valence-corrected chi connectivity index (χ4v) is 2.47. The molecule has 21 heavy (non-hydrogen) atoms. The van der Waals surface area contributed by atoms with Gasteiger partial charge in [0.2, 0.25) is 0 Å². The molecule has 1 aromatic carbocycles. The van der Waals surface area contributed by atoms with Crippen molar-refractivity contribution in [2.24, 2.45) is 0 Å². The Morgan fingerprint density at radius 3 is 2.48 bits per heavy atom. The van der Waals surface area contributed by atoms with Crippen LogP contribution in [0.2, 0.25) is 0 Å². The molecule has 1 rings (SSSR count). The van der Waals surface area contributed by atoms with Crippen molar-refractivity contribution in [1.82, 2.24) is 5.32 Å². The van der Waals surface area contributed by atoms with Crippen molar-refractivity contribution in [3.8, 4) is 5.75 Å². The topological polar surface area (TPSA) is 30.5 Å². The van der Waals surface area contributed by atoms with Gasteiger partial charge in [0.15, 0.2) is 0 Å². The van der Waals surface area contributed by atoms with Gasteiger partial charge in [0.25, 0.3) is 0 Å². The Morgan fingerprint density at radius 2 is 1.95 bits per heavy atom. The molecule has 1 N–H and O–H groups in total. The van der Waals surface area contributed by atoms with Gasteiger partial charge in [-0.1, -0.05) is 26.3 Å². The van der Waals surface area contributed by atoms with Crippen LogP contribution in [0.1, 0.15) is 51.6 Å². The zero-order chi connectivity index (χ0) is 15.7. The summed E-state index contributed by atoms with van der Waals surface area (Å²) in [5.74, 6) is 0.290. The molecule has 0 aliphatic carbocycles. The molecule has 3 nitrogen and oxygen atoms in total. The molecule has 1 aromatic rings. The first-order valence-corrected chi connectivity index (χ1v) is 7.86. The number of hydrogen-bond donors (Lipinski definition) is 1. The van der Waals surface area contributed by atoms with Crippen molar-refractivity contribution in [2.75, 3.05) is 20.3 Å². The van der Waals surface area contributed by atoms with Crippen LogP contribution in [0.15, 0.2) is 18.2 Å². The lowest BCUT2D eigenvalue weighted by molar-refractivity contribution is 0.0267. The molecule has 120 valence electrons. The van der Waals surface area contributed by atoms with E-state index in [-0.39, 0.29) is 18.0 Å². The molecule has 0 saturated carbocycles. The molecule has 0 amide bonds. The van der Waals surface area contributed by atoms with E-state index < -0.39 is 0 Å². The van der Waals surface area contributed by atoms with Gasteiger partial charge in [0.1, 0.15) is 11.6 Å². The maximum atomic E-state index is 14.4. The molecule has 2 atom stereocenters. The van der Waals surface area contributed by atoms with E-state index in [9.17, 15) is 4.39 Å². The molecule has 0 bridgehead atoms. The minimum absolute atomic E-state index is 0.0190. The van der Waals surface area contributed by atoms with E-state index in [1.54, 1.807) is 19.2 Å². The number of benzene rings is 1. The second-order valence-corrected chi connectivity index (χ2v) is 5.10. The third kappa shape index (κ3) is 5.29. The lowest BCUT2D eigenvalue weighted by Gasteiger charge is -2.28. The van der Waals surface area contributed by atoms with E-state index in [0.717, 1.165) is 25.8 Å². The van der Waals surface area contributed by atoms with E-state index in [1.807, 2.05) is 6.92 Å². The summed E-state index contributed by atoms with van der Waals surface area (Å²) >= 11 is 0. The monoisotopic (exact) mass is 297 g/mol. The average Bonchev–Trinajstić information content (AvgIpc) is 2.49. The van der Waals surface area contributed by atoms with Gasteiger partial charge in [-0.3, -0.25) is 0 Å². The second-order valence-electron chi connectivity index (χ2n) is 5.10. The number of methoxy groups -OCH3 is 1. The first-order valence-electron chi connectivity index (χ1n) is 7.86. The highest BCUT2D eigenvalue weighted by Gasteiger charge is 2.25. The van der Waals surface area contributed by atoms with Crippen LogP contribution in [0, 0.1) is 5.82 Å². The molecular weight excluding hydrogens is 269 g/mol. The van der Waals surface area contributed by atoms with E-state index in [2.05, 4.69) is 19.2 Å². The van der Waals surface area contributed by atoms with Crippen molar-refractivity contribution < 1.29 is 13.9 Å². The Kier molecular flexibility index (Phi) is 8.31. The van der Waals surface area contributed by atoms with Crippen LogP contribution < -0.4 is 10.1 Å². The predicted octanol–water partition coefficient (Wildman–Crippen LogP) is 4.08. The third-order valence-corrected chi connectivity index (χ3v) is 3.48. The van der Waals surface area contributed by atoms with Crippen LogP contribution in [0.4, 0.5) is 4.39 Å². The van der Waals surface area contributed by atoms with Crippen molar-refractivity contribution in [2.45, 2.75) is 52.2 Å².